The van der Waals surface area contributed by atoms with E-state index in [4.69, 9.17) is 11.6 Å². The van der Waals surface area contributed by atoms with Crippen LogP contribution in [0.1, 0.15) is 13.8 Å². The fourth-order valence-corrected chi connectivity index (χ4v) is 2.50. The third kappa shape index (κ3) is 3.71. The van der Waals surface area contributed by atoms with Crippen molar-refractivity contribution in [1.82, 2.24) is 4.98 Å². The molecule has 0 fully saturated rings. The maximum absolute atomic E-state index is 5.85. The summed E-state index contributed by atoms with van der Waals surface area (Å²) < 4.78 is 3.32. The lowest BCUT2D eigenvalue weighted by atomic mass is 10.2. The number of hydrogen-bond acceptors (Lipinski definition) is 2. The van der Waals surface area contributed by atoms with E-state index in [1.165, 1.54) is 5.39 Å². The fourth-order valence-electron chi connectivity index (χ4n) is 1.74. The van der Waals surface area contributed by atoms with Crippen LogP contribution in [0, 0.1) is 0 Å². The SMILES string of the molecule is CC.Clc1ccc(SNc2ccc3[nH]ccc3c2)cc1. The molecule has 0 saturated heterocycles. The lowest BCUT2D eigenvalue weighted by Gasteiger charge is -2.05. The number of hydrogen-bond donors (Lipinski definition) is 2. The van der Waals surface area contributed by atoms with Gasteiger partial charge < -0.3 is 9.71 Å². The zero-order valence-electron chi connectivity index (χ0n) is 11.5. The first-order valence-electron chi connectivity index (χ1n) is 6.57. The molecule has 0 saturated carbocycles. The summed E-state index contributed by atoms with van der Waals surface area (Å²) in [6.07, 6.45) is 1.95. The van der Waals surface area contributed by atoms with E-state index in [0.29, 0.717) is 0 Å². The second-order valence-corrected chi connectivity index (χ2v) is 5.25. The van der Waals surface area contributed by atoms with Crippen molar-refractivity contribution < 1.29 is 0 Å². The Morgan fingerprint density at radius 2 is 1.75 bits per heavy atom. The Balaban J connectivity index is 0.000000704. The van der Waals surface area contributed by atoms with Gasteiger partial charge in [0, 0.05) is 32.7 Å². The second kappa shape index (κ2) is 7.27. The van der Waals surface area contributed by atoms with Crippen LogP contribution < -0.4 is 4.72 Å². The van der Waals surface area contributed by atoms with E-state index in [-0.39, 0.29) is 0 Å². The minimum Gasteiger partial charge on any atom is -0.361 e. The predicted molar refractivity (Wildman–Crippen MR) is 90.6 cm³/mol. The van der Waals surface area contributed by atoms with Crippen molar-refractivity contribution in [1.29, 1.82) is 0 Å². The average Bonchev–Trinajstić information content (AvgIpc) is 2.96. The first kappa shape index (κ1) is 14.8. The highest BCUT2D eigenvalue weighted by atomic mass is 35.5. The number of fused-ring (bicyclic) bond motifs is 1. The van der Waals surface area contributed by atoms with Gasteiger partial charge in [-0.2, -0.15) is 0 Å². The van der Waals surface area contributed by atoms with Gasteiger partial charge in [-0.05, 0) is 60.5 Å². The van der Waals surface area contributed by atoms with Crippen molar-refractivity contribution in [3.05, 3.63) is 59.8 Å². The molecule has 3 aromatic rings. The van der Waals surface area contributed by atoms with E-state index >= 15 is 0 Å². The summed E-state index contributed by atoms with van der Waals surface area (Å²) in [5.41, 5.74) is 2.24. The molecule has 104 valence electrons. The lowest BCUT2D eigenvalue weighted by Crippen LogP contribution is -1.86. The van der Waals surface area contributed by atoms with E-state index in [9.17, 15) is 0 Å². The summed E-state index contributed by atoms with van der Waals surface area (Å²) in [4.78, 5) is 4.31. The Morgan fingerprint density at radius 1 is 1.00 bits per heavy atom. The van der Waals surface area contributed by atoms with Gasteiger partial charge in [0.2, 0.25) is 0 Å². The highest BCUT2D eigenvalue weighted by Gasteiger charge is 1.98. The van der Waals surface area contributed by atoms with E-state index in [1.807, 2.05) is 44.3 Å². The third-order valence-electron chi connectivity index (χ3n) is 2.65. The summed E-state index contributed by atoms with van der Waals surface area (Å²) >= 11 is 7.42. The van der Waals surface area contributed by atoms with Gasteiger partial charge in [0.05, 0.1) is 0 Å². The summed E-state index contributed by atoms with van der Waals surface area (Å²) in [5, 5.41) is 1.96. The van der Waals surface area contributed by atoms with Crippen LogP contribution in [0.2, 0.25) is 5.02 Å². The first-order valence-corrected chi connectivity index (χ1v) is 7.76. The molecule has 1 heterocycles. The van der Waals surface area contributed by atoms with Crippen LogP contribution in [-0.2, 0) is 0 Å². The molecule has 0 atom stereocenters. The zero-order valence-corrected chi connectivity index (χ0v) is 13.1. The summed E-state index contributed by atoms with van der Waals surface area (Å²) in [6, 6.07) is 16.1. The Hall–Kier alpha value is -1.58. The number of nitrogens with one attached hydrogen (secondary N) is 2. The topological polar surface area (TPSA) is 27.8 Å². The molecule has 0 spiro atoms. The molecule has 0 unspecified atom stereocenters. The van der Waals surface area contributed by atoms with Crippen LogP contribution in [0.25, 0.3) is 10.9 Å². The van der Waals surface area contributed by atoms with Crippen LogP contribution >= 0.6 is 23.5 Å². The molecule has 2 N–H and O–H groups in total. The number of aromatic nitrogens is 1. The Kier molecular flexibility index (Phi) is 5.39. The molecule has 2 nitrogen and oxygen atoms in total. The number of rotatable bonds is 3. The van der Waals surface area contributed by atoms with Crippen molar-refractivity contribution >= 4 is 40.1 Å². The maximum atomic E-state index is 5.85. The van der Waals surface area contributed by atoms with Gasteiger partial charge in [0.15, 0.2) is 0 Å². The molecule has 0 aliphatic rings. The number of H-pyrrole nitrogens is 1. The minimum absolute atomic E-state index is 0.757. The van der Waals surface area contributed by atoms with Crippen molar-refractivity contribution in [3.8, 4) is 0 Å². The molecule has 0 bridgehead atoms. The van der Waals surface area contributed by atoms with Gasteiger partial charge >= 0.3 is 0 Å². The quantitative estimate of drug-likeness (QED) is 0.584. The second-order valence-electron chi connectivity index (χ2n) is 3.94. The first-order chi connectivity index (χ1) is 9.81. The van der Waals surface area contributed by atoms with E-state index in [2.05, 4.69) is 34.0 Å². The Labute approximate surface area is 128 Å². The van der Waals surface area contributed by atoms with Crippen LogP contribution in [0.15, 0.2) is 59.6 Å². The van der Waals surface area contributed by atoms with Crippen molar-refractivity contribution in [3.63, 3.8) is 0 Å². The highest BCUT2D eigenvalue weighted by molar-refractivity contribution is 8.00. The van der Waals surface area contributed by atoms with Crippen molar-refractivity contribution in [2.75, 3.05) is 4.72 Å². The molecule has 3 rings (SSSR count). The summed E-state index contributed by atoms with van der Waals surface area (Å²) in [6.45, 7) is 4.00. The largest absolute Gasteiger partial charge is 0.361 e. The normalized spacial score (nSPS) is 9.95. The smallest absolute Gasteiger partial charge is 0.0455 e. The average molecular weight is 305 g/mol. The molecular formula is C16H17ClN2S. The van der Waals surface area contributed by atoms with Gasteiger partial charge in [-0.1, -0.05) is 25.4 Å². The van der Waals surface area contributed by atoms with E-state index < -0.39 is 0 Å². The van der Waals surface area contributed by atoms with Crippen molar-refractivity contribution in [2.45, 2.75) is 18.7 Å². The fraction of sp³-hybridized carbons (Fsp3) is 0.125. The number of halogens is 1. The molecule has 2 aromatic carbocycles. The standard InChI is InChI=1S/C14H11ClN2S.C2H6/c15-11-1-4-13(5-2-11)18-17-12-3-6-14-10(9-12)7-8-16-14;1-2/h1-9,16-17H;1-2H3. The molecule has 0 radical (unpaired) electrons. The number of anilines is 1. The number of benzene rings is 2. The van der Waals surface area contributed by atoms with Crippen LogP contribution in [0.5, 0.6) is 0 Å². The van der Waals surface area contributed by atoms with E-state index in [1.54, 1.807) is 11.9 Å². The molecule has 0 amide bonds. The molecule has 1 aromatic heterocycles. The maximum Gasteiger partial charge on any atom is 0.0455 e. The number of aromatic amines is 1. The van der Waals surface area contributed by atoms with Gasteiger partial charge in [0.1, 0.15) is 0 Å². The van der Waals surface area contributed by atoms with Crippen LogP contribution in [-0.4, -0.2) is 4.98 Å². The molecule has 0 aliphatic carbocycles. The summed E-state index contributed by atoms with van der Waals surface area (Å²) in [7, 11) is 0. The molecule has 0 aliphatic heterocycles. The Morgan fingerprint density at radius 3 is 2.50 bits per heavy atom. The van der Waals surface area contributed by atoms with E-state index in [0.717, 1.165) is 21.1 Å². The summed E-state index contributed by atoms with van der Waals surface area (Å²) in [5.74, 6) is 0. The minimum atomic E-state index is 0.757. The predicted octanol–water partition coefficient (Wildman–Crippen LogP) is 5.97. The molecule has 4 heteroatoms. The van der Waals surface area contributed by atoms with Crippen molar-refractivity contribution in [2.24, 2.45) is 0 Å². The molecule has 20 heavy (non-hydrogen) atoms. The van der Waals surface area contributed by atoms with Crippen LogP contribution in [0.4, 0.5) is 5.69 Å². The van der Waals surface area contributed by atoms with Crippen LogP contribution in [0.3, 0.4) is 0 Å². The van der Waals surface area contributed by atoms with Gasteiger partial charge in [-0.3, -0.25) is 0 Å². The third-order valence-corrected chi connectivity index (χ3v) is 3.75. The highest BCUT2D eigenvalue weighted by Crippen LogP contribution is 2.25. The monoisotopic (exact) mass is 304 g/mol. The van der Waals surface area contributed by atoms with Gasteiger partial charge in [-0.15, -0.1) is 0 Å². The zero-order chi connectivity index (χ0) is 14.4. The van der Waals surface area contributed by atoms with Gasteiger partial charge in [0.25, 0.3) is 0 Å². The Bertz CT molecular complexity index is 662. The molecular weight excluding hydrogens is 288 g/mol. The van der Waals surface area contributed by atoms with Gasteiger partial charge in [-0.25, -0.2) is 0 Å². The lowest BCUT2D eigenvalue weighted by molar-refractivity contribution is 1.46.